The largest absolute Gasteiger partial charge is 0.379 e. The molecule has 3 heterocycles. The topological polar surface area (TPSA) is 50.6 Å². The predicted molar refractivity (Wildman–Crippen MR) is 116 cm³/mol. The van der Waals surface area contributed by atoms with Crippen molar-refractivity contribution in [3.8, 4) is 5.69 Å². The number of ether oxygens (including phenoxy) is 1. The van der Waals surface area contributed by atoms with E-state index in [0.29, 0.717) is 6.42 Å². The molecule has 0 N–H and O–H groups in total. The number of morpholine rings is 1. The fourth-order valence-electron chi connectivity index (χ4n) is 4.23. The number of carbonyl (C=O) groups excluding carboxylic acids is 1. The fourth-order valence-corrected chi connectivity index (χ4v) is 5.65. The minimum absolute atomic E-state index is 0.0541. The maximum absolute atomic E-state index is 12.8. The number of thioether (sulfide) groups is 1. The van der Waals surface area contributed by atoms with E-state index in [2.05, 4.69) is 35.8 Å². The first-order valence-corrected chi connectivity index (χ1v) is 11.5. The van der Waals surface area contributed by atoms with Crippen LogP contribution in [-0.4, -0.2) is 70.6 Å². The summed E-state index contributed by atoms with van der Waals surface area (Å²) in [4.78, 5) is 17.3. The number of amides is 1. The summed E-state index contributed by atoms with van der Waals surface area (Å²) < 4.78 is 7.44. The highest BCUT2D eigenvalue weighted by atomic mass is 32.2. The summed E-state index contributed by atoms with van der Waals surface area (Å²) in [6, 6.07) is 10.2. The summed E-state index contributed by atoms with van der Waals surface area (Å²) in [6.45, 7) is 9.62. The summed E-state index contributed by atoms with van der Waals surface area (Å²) >= 11 is 1.87. The molecule has 0 aliphatic carbocycles. The average Bonchev–Trinajstić information content (AvgIpc) is 3.04. The number of aromatic nitrogens is 2. The van der Waals surface area contributed by atoms with Crippen LogP contribution in [0.3, 0.4) is 0 Å². The zero-order valence-electron chi connectivity index (χ0n) is 17.3. The van der Waals surface area contributed by atoms with Crippen molar-refractivity contribution in [2.45, 2.75) is 32.1 Å². The van der Waals surface area contributed by atoms with Crippen LogP contribution in [0.4, 0.5) is 0 Å². The van der Waals surface area contributed by atoms with Crippen molar-refractivity contribution in [1.29, 1.82) is 0 Å². The van der Waals surface area contributed by atoms with Gasteiger partial charge in [0.25, 0.3) is 0 Å². The van der Waals surface area contributed by atoms with Crippen molar-refractivity contribution in [3.63, 3.8) is 0 Å². The number of benzene rings is 1. The van der Waals surface area contributed by atoms with Crippen molar-refractivity contribution in [1.82, 2.24) is 19.6 Å². The Morgan fingerprint density at radius 1 is 1.14 bits per heavy atom. The van der Waals surface area contributed by atoms with Crippen LogP contribution in [0.2, 0.25) is 0 Å². The molecule has 1 atom stereocenters. The fraction of sp³-hybridized carbons (Fsp3) is 0.545. The molecule has 29 heavy (non-hydrogen) atoms. The first-order chi connectivity index (χ1) is 14.1. The van der Waals surface area contributed by atoms with Gasteiger partial charge in [0.15, 0.2) is 0 Å². The van der Waals surface area contributed by atoms with Gasteiger partial charge in [-0.25, -0.2) is 4.68 Å². The van der Waals surface area contributed by atoms with Gasteiger partial charge in [-0.2, -0.15) is 5.10 Å². The second-order valence-electron chi connectivity index (χ2n) is 7.70. The molecule has 6 nitrogen and oxygen atoms in total. The summed E-state index contributed by atoms with van der Waals surface area (Å²) in [7, 11) is 0. The second kappa shape index (κ2) is 9.32. The quantitative estimate of drug-likeness (QED) is 0.727. The van der Waals surface area contributed by atoms with E-state index in [4.69, 9.17) is 9.84 Å². The zero-order valence-corrected chi connectivity index (χ0v) is 18.2. The lowest BCUT2D eigenvalue weighted by Crippen LogP contribution is -2.41. The summed E-state index contributed by atoms with van der Waals surface area (Å²) in [5, 5.41) is 4.87. The lowest BCUT2D eigenvalue weighted by molar-refractivity contribution is -0.132. The second-order valence-corrected chi connectivity index (χ2v) is 8.89. The molecular weight excluding hydrogens is 384 g/mol. The van der Waals surface area contributed by atoms with Crippen LogP contribution in [0.5, 0.6) is 0 Å². The molecule has 2 aromatic rings. The third kappa shape index (κ3) is 4.52. The van der Waals surface area contributed by atoms with Gasteiger partial charge in [-0.15, -0.1) is 11.8 Å². The highest BCUT2D eigenvalue weighted by Crippen LogP contribution is 2.40. The molecule has 0 bridgehead atoms. The van der Waals surface area contributed by atoms with Crippen LogP contribution in [0.15, 0.2) is 30.3 Å². The Morgan fingerprint density at radius 3 is 2.66 bits per heavy atom. The van der Waals surface area contributed by atoms with E-state index in [1.807, 2.05) is 34.6 Å². The van der Waals surface area contributed by atoms with Crippen molar-refractivity contribution in [3.05, 3.63) is 47.3 Å². The Morgan fingerprint density at radius 2 is 1.90 bits per heavy atom. The van der Waals surface area contributed by atoms with Crippen molar-refractivity contribution >= 4 is 17.7 Å². The number of para-hydroxylation sites is 1. The number of aryl methyl sites for hydroxylation is 1. The normalized spacial score (nSPS) is 21.0. The van der Waals surface area contributed by atoms with Crippen molar-refractivity contribution in [2.75, 3.05) is 45.1 Å². The molecule has 0 radical (unpaired) electrons. The summed E-state index contributed by atoms with van der Waals surface area (Å²) in [6.07, 6.45) is 1.62. The summed E-state index contributed by atoms with van der Waals surface area (Å²) in [5.41, 5.74) is 4.39. The van der Waals surface area contributed by atoms with Gasteiger partial charge in [0.05, 0.1) is 24.6 Å². The van der Waals surface area contributed by atoms with Gasteiger partial charge in [0.2, 0.25) is 5.91 Å². The number of hydrogen-bond donors (Lipinski definition) is 0. The Hall–Kier alpha value is -1.83. The van der Waals surface area contributed by atoms with Gasteiger partial charge < -0.3 is 9.64 Å². The van der Waals surface area contributed by atoms with Crippen LogP contribution < -0.4 is 0 Å². The van der Waals surface area contributed by atoms with E-state index in [-0.39, 0.29) is 11.3 Å². The minimum atomic E-state index is 0.0541. The van der Waals surface area contributed by atoms with E-state index < -0.39 is 0 Å². The van der Waals surface area contributed by atoms with Crippen molar-refractivity contribution < 1.29 is 9.53 Å². The first kappa shape index (κ1) is 20.4. The molecule has 1 unspecified atom stereocenters. The van der Waals surface area contributed by atoms with Crippen molar-refractivity contribution in [2.24, 2.45) is 0 Å². The van der Waals surface area contributed by atoms with Crippen LogP contribution in [0, 0.1) is 13.8 Å². The number of nitrogens with zero attached hydrogens (tertiary/aromatic N) is 4. The summed E-state index contributed by atoms with van der Waals surface area (Å²) in [5.74, 6) is 1.14. The molecule has 2 saturated heterocycles. The number of hydrogen-bond acceptors (Lipinski definition) is 5. The molecular formula is C22H30N4O2S. The minimum Gasteiger partial charge on any atom is -0.379 e. The first-order valence-electron chi connectivity index (χ1n) is 10.5. The third-order valence-electron chi connectivity index (χ3n) is 5.77. The molecule has 156 valence electrons. The van der Waals surface area contributed by atoms with Crippen LogP contribution in [0.1, 0.15) is 35.2 Å². The Balaban J connectivity index is 1.52. The van der Waals surface area contributed by atoms with Crippen LogP contribution in [-0.2, 0) is 9.53 Å². The van der Waals surface area contributed by atoms with Gasteiger partial charge in [-0.05, 0) is 32.4 Å². The molecule has 4 rings (SSSR count). The molecule has 7 heteroatoms. The predicted octanol–water partition coefficient (Wildman–Crippen LogP) is 3.18. The van der Waals surface area contributed by atoms with E-state index >= 15 is 0 Å². The maximum Gasteiger partial charge on any atom is 0.224 e. The highest BCUT2D eigenvalue weighted by Gasteiger charge is 2.33. The molecule has 2 aliphatic heterocycles. The third-order valence-corrected chi connectivity index (χ3v) is 7.01. The number of rotatable bonds is 6. The molecule has 2 aliphatic rings. The van der Waals surface area contributed by atoms with E-state index in [1.165, 1.54) is 5.56 Å². The average molecular weight is 415 g/mol. The molecule has 1 amide bonds. The molecule has 2 fully saturated rings. The monoisotopic (exact) mass is 414 g/mol. The van der Waals surface area contributed by atoms with E-state index in [9.17, 15) is 4.79 Å². The Kier molecular flexibility index (Phi) is 6.57. The Labute approximate surface area is 177 Å². The smallest absolute Gasteiger partial charge is 0.224 e. The molecule has 1 aromatic heterocycles. The molecule has 0 spiro atoms. The number of carbonyl (C=O) groups is 1. The molecule has 0 saturated carbocycles. The van der Waals surface area contributed by atoms with Gasteiger partial charge in [-0.3, -0.25) is 9.69 Å². The van der Waals surface area contributed by atoms with Crippen LogP contribution >= 0.6 is 11.8 Å². The zero-order chi connectivity index (χ0) is 20.2. The lowest BCUT2D eigenvalue weighted by atomic mass is 10.1. The lowest BCUT2D eigenvalue weighted by Gasteiger charge is -2.36. The Bertz CT molecular complexity index is 833. The SMILES string of the molecule is Cc1nn(-c2ccccc2)c(C)c1C1SCCC(=O)N1CCCN1CCOCC1. The maximum atomic E-state index is 12.8. The van der Waals surface area contributed by atoms with Crippen LogP contribution in [0.25, 0.3) is 5.69 Å². The molecule has 1 aromatic carbocycles. The van der Waals surface area contributed by atoms with E-state index in [1.54, 1.807) is 0 Å². The van der Waals surface area contributed by atoms with Gasteiger partial charge in [0.1, 0.15) is 5.37 Å². The highest BCUT2D eigenvalue weighted by molar-refractivity contribution is 7.99. The van der Waals surface area contributed by atoms with Gasteiger partial charge >= 0.3 is 0 Å². The van der Waals surface area contributed by atoms with Gasteiger partial charge in [-0.1, -0.05) is 18.2 Å². The van der Waals surface area contributed by atoms with Gasteiger partial charge in [0, 0.05) is 49.6 Å². The van der Waals surface area contributed by atoms with E-state index in [0.717, 1.165) is 68.6 Å². The standard InChI is InChI=1S/C22H30N4O2S/c1-17-21(18(2)26(23-17)19-7-4-3-5-8-19)22-25(20(27)9-16-29-22)11-6-10-24-12-14-28-15-13-24/h3-5,7-8,22H,6,9-16H2,1-2H3.